The highest BCUT2D eigenvalue weighted by Gasteiger charge is 2.32. The Bertz CT molecular complexity index is 1190. The van der Waals surface area contributed by atoms with Crippen LogP contribution in [0.1, 0.15) is 37.8 Å². The molecule has 1 amide bonds. The minimum Gasteiger partial charge on any atom is -0.465 e. The molecule has 34 heavy (non-hydrogen) atoms. The summed E-state index contributed by atoms with van der Waals surface area (Å²) in [7, 11) is 2.14. The maximum atomic E-state index is 13.5. The quantitative estimate of drug-likeness (QED) is 0.547. The number of likely N-dealkylation sites (tertiary alicyclic amines) is 1. The number of nitrogens with zero attached hydrogens (tertiary/aromatic N) is 4. The second-order valence-corrected chi connectivity index (χ2v) is 9.28. The van der Waals surface area contributed by atoms with Crippen molar-refractivity contribution in [1.82, 2.24) is 14.7 Å². The molecule has 2 aliphatic heterocycles. The molecule has 5 rings (SSSR count). The summed E-state index contributed by atoms with van der Waals surface area (Å²) in [4.78, 5) is 15.8. The van der Waals surface area contributed by atoms with Gasteiger partial charge in [0.1, 0.15) is 17.3 Å². The summed E-state index contributed by atoms with van der Waals surface area (Å²) in [6.45, 7) is 4.00. The smallest absolute Gasteiger partial charge is 0.412 e. The van der Waals surface area contributed by atoms with Crippen molar-refractivity contribution in [3.63, 3.8) is 0 Å². The number of carboxylic acid groups (broad SMARTS) is 1. The summed E-state index contributed by atoms with van der Waals surface area (Å²) in [5.74, 6) is 0.761. The molecule has 3 aromatic rings. The van der Waals surface area contributed by atoms with Crippen LogP contribution in [0.5, 0.6) is 11.5 Å². The van der Waals surface area contributed by atoms with E-state index < -0.39 is 6.09 Å². The maximum absolute atomic E-state index is 13.5. The van der Waals surface area contributed by atoms with Crippen molar-refractivity contribution >= 4 is 11.8 Å². The molecule has 8 heteroatoms. The monoisotopic (exact) mass is 464 g/mol. The highest BCUT2D eigenvalue weighted by molar-refractivity contribution is 5.91. The van der Waals surface area contributed by atoms with E-state index in [1.54, 1.807) is 12.1 Å². The van der Waals surface area contributed by atoms with E-state index in [9.17, 15) is 14.3 Å². The Kier molecular flexibility index (Phi) is 6.00. The third kappa shape index (κ3) is 4.25. The van der Waals surface area contributed by atoms with Crippen LogP contribution in [0.4, 0.5) is 14.9 Å². The number of anilines is 1. The fourth-order valence-electron chi connectivity index (χ4n) is 5.00. The van der Waals surface area contributed by atoms with E-state index in [-0.39, 0.29) is 11.9 Å². The Morgan fingerprint density at radius 3 is 2.56 bits per heavy atom. The average Bonchev–Trinajstić information content (AvgIpc) is 3.30. The molecule has 1 fully saturated rings. The van der Waals surface area contributed by atoms with Gasteiger partial charge >= 0.3 is 6.09 Å². The van der Waals surface area contributed by atoms with Gasteiger partial charge in [-0.2, -0.15) is 5.10 Å². The molecule has 0 aliphatic carbocycles. The highest BCUT2D eigenvalue weighted by Crippen LogP contribution is 2.45. The molecule has 1 aromatic heterocycles. The lowest BCUT2D eigenvalue weighted by Crippen LogP contribution is -2.41. The number of piperidine rings is 1. The first-order valence-corrected chi connectivity index (χ1v) is 11.7. The van der Waals surface area contributed by atoms with Gasteiger partial charge in [-0.15, -0.1) is 0 Å². The van der Waals surface area contributed by atoms with Crippen LogP contribution in [0.25, 0.3) is 11.1 Å². The zero-order valence-corrected chi connectivity index (χ0v) is 19.4. The van der Waals surface area contributed by atoms with Crippen molar-refractivity contribution in [1.29, 1.82) is 0 Å². The Labute approximate surface area is 198 Å². The van der Waals surface area contributed by atoms with Gasteiger partial charge in [-0.3, -0.25) is 9.58 Å². The van der Waals surface area contributed by atoms with E-state index in [1.807, 2.05) is 29.9 Å². The Hall–Kier alpha value is -3.39. The molecule has 0 spiro atoms. The maximum Gasteiger partial charge on any atom is 0.412 e. The Balaban J connectivity index is 1.57. The van der Waals surface area contributed by atoms with Gasteiger partial charge < -0.3 is 14.7 Å². The van der Waals surface area contributed by atoms with Crippen LogP contribution in [0.15, 0.2) is 48.8 Å². The van der Waals surface area contributed by atoms with E-state index in [0.29, 0.717) is 36.1 Å². The summed E-state index contributed by atoms with van der Waals surface area (Å²) in [5.41, 5.74) is 3.24. The number of hydrogen-bond donors (Lipinski definition) is 1. The minimum absolute atomic E-state index is 0.123. The lowest BCUT2D eigenvalue weighted by Gasteiger charge is -2.34. The Morgan fingerprint density at radius 2 is 1.85 bits per heavy atom. The van der Waals surface area contributed by atoms with Crippen molar-refractivity contribution in [2.45, 2.75) is 44.7 Å². The van der Waals surface area contributed by atoms with Gasteiger partial charge in [0.25, 0.3) is 0 Å². The van der Waals surface area contributed by atoms with E-state index >= 15 is 0 Å². The zero-order valence-electron chi connectivity index (χ0n) is 19.4. The third-order valence-corrected chi connectivity index (χ3v) is 6.96. The topological polar surface area (TPSA) is 70.8 Å². The van der Waals surface area contributed by atoms with Gasteiger partial charge in [-0.05, 0) is 89.1 Å². The molecule has 3 heterocycles. The standard InChI is InChI=1S/C26H29FN4O3/c1-17-3-8-23-24(31(17)26(32)33)10-9-22(25(23)34-21-6-4-19(27)5-7-21)18-15-28-30(16-18)20-11-13-29(2)14-12-20/h4-7,9-10,15-17,20H,3,8,11-14H2,1-2H3,(H,32,33). The van der Waals surface area contributed by atoms with E-state index in [0.717, 1.165) is 42.6 Å². The fourth-order valence-corrected chi connectivity index (χ4v) is 5.00. The molecule has 7 nitrogen and oxygen atoms in total. The minimum atomic E-state index is -0.982. The largest absolute Gasteiger partial charge is 0.465 e. The lowest BCUT2D eigenvalue weighted by atomic mass is 9.92. The van der Waals surface area contributed by atoms with Gasteiger partial charge in [0.05, 0.1) is 17.9 Å². The SMILES string of the molecule is CC1CCc2c(ccc(-c3cnn(C4CCN(C)CC4)c3)c2Oc2ccc(F)cc2)N1C(=O)O. The predicted octanol–water partition coefficient (Wildman–Crippen LogP) is 5.57. The summed E-state index contributed by atoms with van der Waals surface area (Å²) in [6.07, 6.45) is 6.39. The van der Waals surface area contributed by atoms with Gasteiger partial charge in [-0.1, -0.05) is 0 Å². The van der Waals surface area contributed by atoms with E-state index in [1.165, 1.54) is 17.0 Å². The van der Waals surface area contributed by atoms with E-state index in [4.69, 9.17) is 4.74 Å². The molecule has 0 bridgehead atoms. The van der Waals surface area contributed by atoms with Crippen LogP contribution in [-0.4, -0.2) is 52.1 Å². The molecule has 1 saturated heterocycles. The molecule has 1 unspecified atom stereocenters. The summed E-state index contributed by atoms with van der Waals surface area (Å²) in [6, 6.07) is 9.87. The summed E-state index contributed by atoms with van der Waals surface area (Å²) >= 11 is 0. The molecule has 2 aromatic carbocycles. The van der Waals surface area contributed by atoms with Crippen molar-refractivity contribution in [2.24, 2.45) is 0 Å². The highest BCUT2D eigenvalue weighted by atomic mass is 19.1. The van der Waals surface area contributed by atoms with Crippen LogP contribution in [0, 0.1) is 5.82 Å². The number of benzene rings is 2. The summed E-state index contributed by atoms with van der Waals surface area (Å²) < 4.78 is 21.8. The number of ether oxygens (including phenoxy) is 1. The Morgan fingerprint density at radius 1 is 1.12 bits per heavy atom. The number of carbonyl (C=O) groups is 1. The first kappa shape index (κ1) is 22.4. The molecule has 1 N–H and O–H groups in total. The predicted molar refractivity (Wildman–Crippen MR) is 128 cm³/mol. The molecule has 0 saturated carbocycles. The summed E-state index contributed by atoms with van der Waals surface area (Å²) in [5, 5.41) is 14.5. The van der Waals surface area contributed by atoms with Crippen LogP contribution < -0.4 is 9.64 Å². The number of hydrogen-bond acceptors (Lipinski definition) is 4. The van der Waals surface area contributed by atoms with Crippen molar-refractivity contribution in [3.05, 3.63) is 60.2 Å². The fraction of sp³-hybridized carbons (Fsp3) is 0.385. The first-order chi connectivity index (χ1) is 16.4. The molecular formula is C26H29FN4O3. The van der Waals surface area contributed by atoms with Crippen LogP contribution in [0.3, 0.4) is 0 Å². The van der Waals surface area contributed by atoms with Gasteiger partial charge in [-0.25, -0.2) is 9.18 Å². The van der Waals surface area contributed by atoms with Crippen LogP contribution in [0.2, 0.25) is 0 Å². The van der Waals surface area contributed by atoms with Gasteiger partial charge in [0, 0.05) is 28.9 Å². The lowest BCUT2D eigenvalue weighted by molar-refractivity contribution is 0.198. The molecule has 2 aliphatic rings. The number of halogens is 1. The second-order valence-electron chi connectivity index (χ2n) is 9.28. The normalized spacial score (nSPS) is 19.1. The number of fused-ring (bicyclic) bond motifs is 1. The van der Waals surface area contributed by atoms with E-state index in [2.05, 4.69) is 23.2 Å². The zero-order chi connectivity index (χ0) is 23.8. The van der Waals surface area contributed by atoms with Crippen molar-refractivity contribution < 1.29 is 19.0 Å². The number of rotatable bonds is 4. The molecular weight excluding hydrogens is 435 g/mol. The number of aromatic nitrogens is 2. The first-order valence-electron chi connectivity index (χ1n) is 11.7. The van der Waals surface area contributed by atoms with Crippen molar-refractivity contribution in [3.8, 4) is 22.6 Å². The second kappa shape index (κ2) is 9.10. The number of amides is 1. The van der Waals surface area contributed by atoms with Gasteiger partial charge in [0.15, 0.2) is 0 Å². The molecule has 0 radical (unpaired) electrons. The van der Waals surface area contributed by atoms with Crippen LogP contribution >= 0.6 is 0 Å². The average molecular weight is 465 g/mol. The molecule has 178 valence electrons. The van der Waals surface area contributed by atoms with Crippen molar-refractivity contribution in [2.75, 3.05) is 25.0 Å². The van der Waals surface area contributed by atoms with Gasteiger partial charge in [0.2, 0.25) is 0 Å². The third-order valence-electron chi connectivity index (χ3n) is 6.96. The molecule has 1 atom stereocenters. The van der Waals surface area contributed by atoms with Crippen LogP contribution in [-0.2, 0) is 6.42 Å².